The highest BCUT2D eigenvalue weighted by Crippen LogP contribution is 2.37. The lowest BCUT2D eigenvalue weighted by Crippen LogP contribution is -2.24. The molecule has 1 atom stereocenters. The van der Waals surface area contributed by atoms with Crippen LogP contribution in [-0.2, 0) is 17.8 Å². The Balaban J connectivity index is 1.97. The third-order valence-electron chi connectivity index (χ3n) is 3.29. The normalized spacial score (nSPS) is 17.1. The lowest BCUT2D eigenvalue weighted by molar-refractivity contribution is 0.181. The van der Waals surface area contributed by atoms with Crippen molar-refractivity contribution in [3.63, 3.8) is 0 Å². The second-order valence-corrected chi connectivity index (χ2v) is 4.51. The molecule has 1 heterocycles. The van der Waals surface area contributed by atoms with E-state index >= 15 is 0 Å². The van der Waals surface area contributed by atoms with Gasteiger partial charge in [-0.25, -0.2) is 4.98 Å². The topological polar surface area (TPSA) is 55.0 Å². The molecule has 1 unspecified atom stereocenters. The summed E-state index contributed by atoms with van der Waals surface area (Å²) in [7, 11) is 1.60. The van der Waals surface area contributed by atoms with Gasteiger partial charge in [-0.1, -0.05) is 24.3 Å². The van der Waals surface area contributed by atoms with Crippen molar-refractivity contribution in [3.05, 3.63) is 63.3 Å². The van der Waals surface area contributed by atoms with E-state index in [1.165, 1.54) is 17.2 Å². The predicted octanol–water partition coefficient (Wildman–Crippen LogP) is 1.60. The Bertz CT molecular complexity index is 634. The zero-order valence-corrected chi connectivity index (χ0v) is 10.1. The number of fused-ring (bicyclic) bond motifs is 1. The number of aromatic nitrogens is 2. The van der Waals surface area contributed by atoms with Crippen molar-refractivity contribution < 1.29 is 4.74 Å². The largest absolute Gasteiger partial charge is 0.378 e. The van der Waals surface area contributed by atoms with Gasteiger partial charge in [0.15, 0.2) is 0 Å². The van der Waals surface area contributed by atoms with Crippen LogP contribution in [0.2, 0.25) is 0 Å². The summed E-state index contributed by atoms with van der Waals surface area (Å²) in [6, 6.07) is 9.74. The zero-order chi connectivity index (χ0) is 12.5. The zero-order valence-electron chi connectivity index (χ0n) is 10.1. The highest BCUT2D eigenvalue weighted by molar-refractivity contribution is 5.43. The van der Waals surface area contributed by atoms with Gasteiger partial charge in [-0.05, 0) is 17.5 Å². The van der Waals surface area contributed by atoms with Gasteiger partial charge in [-0.3, -0.25) is 4.79 Å². The third-order valence-corrected chi connectivity index (χ3v) is 3.29. The average Bonchev–Trinajstić information content (AvgIpc) is 2.30. The molecule has 0 radical (unpaired) electrons. The van der Waals surface area contributed by atoms with Gasteiger partial charge in [-0.2, -0.15) is 0 Å². The molecule has 18 heavy (non-hydrogen) atoms. The van der Waals surface area contributed by atoms with Gasteiger partial charge < -0.3 is 9.72 Å². The monoisotopic (exact) mass is 242 g/mol. The van der Waals surface area contributed by atoms with Crippen LogP contribution in [0.4, 0.5) is 0 Å². The van der Waals surface area contributed by atoms with E-state index in [0.717, 1.165) is 12.2 Å². The van der Waals surface area contributed by atoms with E-state index in [4.69, 9.17) is 4.74 Å². The molecule has 4 heteroatoms. The first-order chi connectivity index (χ1) is 8.78. The van der Waals surface area contributed by atoms with Crippen LogP contribution in [0.3, 0.4) is 0 Å². The van der Waals surface area contributed by atoms with Gasteiger partial charge >= 0.3 is 0 Å². The van der Waals surface area contributed by atoms with Gasteiger partial charge in [0.1, 0.15) is 5.82 Å². The summed E-state index contributed by atoms with van der Waals surface area (Å²) in [5.41, 5.74) is 3.16. The summed E-state index contributed by atoms with van der Waals surface area (Å²) in [6.07, 6.45) is 0.940. The number of methoxy groups -OCH3 is 1. The van der Waals surface area contributed by atoms with Gasteiger partial charge in [0, 0.05) is 19.1 Å². The molecule has 1 aromatic heterocycles. The summed E-state index contributed by atoms with van der Waals surface area (Å²) >= 11 is 0. The molecule has 2 aromatic rings. The number of aromatic amines is 1. The van der Waals surface area contributed by atoms with Crippen LogP contribution in [0.25, 0.3) is 0 Å². The number of H-pyrrole nitrogens is 1. The second kappa shape index (κ2) is 4.38. The molecular weight excluding hydrogens is 228 g/mol. The van der Waals surface area contributed by atoms with Crippen molar-refractivity contribution in [1.29, 1.82) is 0 Å². The standard InChI is InChI=1S/C14H14N2O2/c1-18-8-10-7-13(17)16-14(15-10)12-6-9-4-2-3-5-11(9)12/h2-5,7,12H,6,8H2,1H3,(H,15,16,17). The van der Waals surface area contributed by atoms with Crippen molar-refractivity contribution in [2.75, 3.05) is 7.11 Å². The Hall–Kier alpha value is -1.94. The van der Waals surface area contributed by atoms with Gasteiger partial charge in [0.25, 0.3) is 5.56 Å². The SMILES string of the molecule is COCc1cc(=O)[nH]c(C2Cc3ccccc32)n1. The summed E-state index contributed by atoms with van der Waals surface area (Å²) < 4.78 is 5.02. The first-order valence-electron chi connectivity index (χ1n) is 5.95. The van der Waals surface area contributed by atoms with E-state index in [-0.39, 0.29) is 11.5 Å². The fourth-order valence-electron chi connectivity index (χ4n) is 2.42. The lowest BCUT2D eigenvalue weighted by atomic mass is 9.77. The van der Waals surface area contributed by atoms with E-state index in [9.17, 15) is 4.79 Å². The fourth-order valence-corrected chi connectivity index (χ4v) is 2.42. The molecule has 0 amide bonds. The molecule has 0 saturated carbocycles. The molecule has 3 rings (SSSR count). The molecule has 0 bridgehead atoms. The number of hydrogen-bond donors (Lipinski definition) is 1. The molecule has 1 aliphatic carbocycles. The molecular formula is C14H14N2O2. The van der Waals surface area contributed by atoms with E-state index in [1.807, 2.05) is 12.1 Å². The molecule has 1 aliphatic rings. The van der Waals surface area contributed by atoms with Crippen LogP contribution in [0.1, 0.15) is 28.6 Å². The van der Waals surface area contributed by atoms with Crippen LogP contribution in [0.5, 0.6) is 0 Å². The number of nitrogens with one attached hydrogen (secondary N) is 1. The molecule has 1 N–H and O–H groups in total. The first kappa shape index (κ1) is 11.2. The maximum atomic E-state index is 11.6. The van der Waals surface area contributed by atoms with Crippen LogP contribution in [-0.4, -0.2) is 17.1 Å². The van der Waals surface area contributed by atoms with Crippen LogP contribution < -0.4 is 5.56 Å². The summed E-state index contributed by atoms with van der Waals surface area (Å²) in [5, 5.41) is 0. The second-order valence-electron chi connectivity index (χ2n) is 4.51. The summed E-state index contributed by atoms with van der Waals surface area (Å²) in [4.78, 5) is 18.9. The number of ether oxygens (including phenoxy) is 1. The van der Waals surface area contributed by atoms with Crippen molar-refractivity contribution in [1.82, 2.24) is 9.97 Å². The fraction of sp³-hybridized carbons (Fsp3) is 0.286. The van der Waals surface area contributed by atoms with Crippen molar-refractivity contribution in [3.8, 4) is 0 Å². The predicted molar refractivity (Wildman–Crippen MR) is 67.6 cm³/mol. The van der Waals surface area contributed by atoms with Crippen LogP contribution in [0.15, 0.2) is 35.1 Å². The highest BCUT2D eigenvalue weighted by Gasteiger charge is 2.29. The summed E-state index contributed by atoms with van der Waals surface area (Å²) in [6.45, 7) is 0.366. The van der Waals surface area contributed by atoms with Gasteiger partial charge in [-0.15, -0.1) is 0 Å². The van der Waals surface area contributed by atoms with Crippen LogP contribution in [0, 0.1) is 0 Å². The molecule has 1 aromatic carbocycles. The number of benzene rings is 1. The minimum atomic E-state index is -0.114. The number of nitrogens with zero attached hydrogens (tertiary/aromatic N) is 1. The molecule has 0 saturated heterocycles. The Morgan fingerprint density at radius 1 is 1.44 bits per heavy atom. The smallest absolute Gasteiger partial charge is 0.251 e. The average molecular weight is 242 g/mol. The van der Waals surface area contributed by atoms with E-state index in [1.54, 1.807) is 7.11 Å². The quantitative estimate of drug-likeness (QED) is 0.889. The van der Waals surface area contributed by atoms with E-state index in [2.05, 4.69) is 22.1 Å². The molecule has 0 spiro atoms. The molecule has 4 nitrogen and oxygen atoms in total. The minimum Gasteiger partial charge on any atom is -0.378 e. The minimum absolute atomic E-state index is 0.114. The Labute approximate surface area is 105 Å². The van der Waals surface area contributed by atoms with Crippen molar-refractivity contribution in [2.24, 2.45) is 0 Å². The Kier molecular flexibility index (Phi) is 2.72. The molecule has 92 valence electrons. The Morgan fingerprint density at radius 2 is 2.28 bits per heavy atom. The third kappa shape index (κ3) is 1.84. The van der Waals surface area contributed by atoms with Crippen molar-refractivity contribution in [2.45, 2.75) is 18.9 Å². The van der Waals surface area contributed by atoms with Gasteiger partial charge in [0.05, 0.1) is 12.3 Å². The van der Waals surface area contributed by atoms with Crippen LogP contribution >= 0.6 is 0 Å². The Morgan fingerprint density at radius 3 is 3.06 bits per heavy atom. The number of rotatable bonds is 3. The van der Waals surface area contributed by atoms with E-state index in [0.29, 0.717) is 12.3 Å². The molecule has 0 aliphatic heterocycles. The van der Waals surface area contributed by atoms with E-state index < -0.39 is 0 Å². The van der Waals surface area contributed by atoms with Crippen molar-refractivity contribution >= 4 is 0 Å². The lowest BCUT2D eigenvalue weighted by Gasteiger charge is -2.29. The number of hydrogen-bond acceptors (Lipinski definition) is 3. The summed E-state index contributed by atoms with van der Waals surface area (Å²) in [5.74, 6) is 0.957. The maximum absolute atomic E-state index is 11.6. The van der Waals surface area contributed by atoms with Gasteiger partial charge in [0.2, 0.25) is 0 Å². The maximum Gasteiger partial charge on any atom is 0.251 e. The highest BCUT2D eigenvalue weighted by atomic mass is 16.5. The first-order valence-corrected chi connectivity index (χ1v) is 5.95. The molecule has 0 fully saturated rings.